The number of hydrogen-bond acceptors (Lipinski definition) is 5. The SMILES string of the molecule is CN(C)C(=O)c1sc(N2CCC(N)C2)cc1N. The Morgan fingerprint density at radius 1 is 1.59 bits per heavy atom. The molecule has 0 saturated carbocycles. The second-order valence-electron chi connectivity index (χ2n) is 4.56. The number of carbonyl (C=O) groups excluding carboxylic acids is 1. The van der Waals surface area contributed by atoms with E-state index in [-0.39, 0.29) is 11.9 Å². The zero-order valence-electron chi connectivity index (χ0n) is 10.1. The summed E-state index contributed by atoms with van der Waals surface area (Å²) in [6, 6.07) is 2.10. The molecule has 1 aromatic heterocycles. The van der Waals surface area contributed by atoms with Crippen LogP contribution in [0.3, 0.4) is 0 Å². The smallest absolute Gasteiger partial charge is 0.265 e. The number of nitrogens with zero attached hydrogens (tertiary/aromatic N) is 2. The number of hydrogen-bond donors (Lipinski definition) is 2. The summed E-state index contributed by atoms with van der Waals surface area (Å²) in [5.74, 6) is -0.0396. The molecule has 1 atom stereocenters. The maximum Gasteiger partial charge on any atom is 0.265 e. The van der Waals surface area contributed by atoms with Gasteiger partial charge >= 0.3 is 0 Å². The summed E-state index contributed by atoms with van der Waals surface area (Å²) in [4.78, 5) is 16.2. The molecule has 2 heterocycles. The van der Waals surface area contributed by atoms with Crippen LogP contribution in [0.25, 0.3) is 0 Å². The predicted octanol–water partition coefficient (Wildman–Crippen LogP) is 0.570. The van der Waals surface area contributed by atoms with E-state index in [2.05, 4.69) is 4.90 Å². The first-order valence-corrected chi connectivity index (χ1v) is 6.42. The van der Waals surface area contributed by atoms with E-state index in [9.17, 15) is 4.79 Å². The van der Waals surface area contributed by atoms with Gasteiger partial charge in [-0.3, -0.25) is 4.79 Å². The number of anilines is 2. The van der Waals surface area contributed by atoms with Gasteiger partial charge in [-0.1, -0.05) is 0 Å². The Morgan fingerprint density at radius 3 is 2.82 bits per heavy atom. The molecule has 1 saturated heterocycles. The van der Waals surface area contributed by atoms with Crippen molar-refractivity contribution in [3.63, 3.8) is 0 Å². The van der Waals surface area contributed by atoms with Crippen molar-refractivity contribution in [2.24, 2.45) is 5.73 Å². The normalized spacial score (nSPS) is 19.7. The lowest BCUT2D eigenvalue weighted by Gasteiger charge is -2.14. The summed E-state index contributed by atoms with van der Waals surface area (Å²) in [6.07, 6.45) is 0.995. The average Bonchev–Trinajstić information content (AvgIpc) is 2.83. The van der Waals surface area contributed by atoms with Gasteiger partial charge in [0, 0.05) is 33.2 Å². The second kappa shape index (κ2) is 4.54. The summed E-state index contributed by atoms with van der Waals surface area (Å²) < 4.78 is 0. The summed E-state index contributed by atoms with van der Waals surface area (Å²) in [5, 5.41) is 1.04. The van der Waals surface area contributed by atoms with Crippen LogP contribution in [0.2, 0.25) is 0 Å². The number of nitrogen functional groups attached to an aromatic ring is 1. The lowest BCUT2D eigenvalue weighted by molar-refractivity contribution is 0.0833. The van der Waals surface area contributed by atoms with Crippen molar-refractivity contribution in [1.82, 2.24) is 4.90 Å². The van der Waals surface area contributed by atoms with E-state index in [1.807, 2.05) is 6.07 Å². The molecule has 0 bridgehead atoms. The van der Waals surface area contributed by atoms with E-state index in [1.165, 1.54) is 11.3 Å². The summed E-state index contributed by atoms with van der Waals surface area (Å²) >= 11 is 1.45. The molecule has 0 aliphatic carbocycles. The number of rotatable bonds is 2. The molecule has 1 aliphatic rings. The van der Waals surface area contributed by atoms with Crippen molar-refractivity contribution >= 4 is 27.9 Å². The van der Waals surface area contributed by atoms with Crippen LogP contribution in [-0.4, -0.2) is 44.0 Å². The quantitative estimate of drug-likeness (QED) is 0.809. The van der Waals surface area contributed by atoms with E-state index in [4.69, 9.17) is 11.5 Å². The largest absolute Gasteiger partial charge is 0.397 e. The Bertz CT molecular complexity index is 429. The van der Waals surface area contributed by atoms with Gasteiger partial charge in [0.2, 0.25) is 0 Å². The van der Waals surface area contributed by atoms with Gasteiger partial charge in [-0.25, -0.2) is 0 Å². The topological polar surface area (TPSA) is 75.6 Å². The monoisotopic (exact) mass is 254 g/mol. The third kappa shape index (κ3) is 2.37. The van der Waals surface area contributed by atoms with Crippen LogP contribution in [0.4, 0.5) is 10.7 Å². The molecule has 4 N–H and O–H groups in total. The highest BCUT2D eigenvalue weighted by Crippen LogP contribution is 2.34. The summed E-state index contributed by atoms with van der Waals surface area (Å²) in [6.45, 7) is 1.78. The Balaban J connectivity index is 2.21. The Morgan fingerprint density at radius 2 is 2.29 bits per heavy atom. The van der Waals surface area contributed by atoms with Gasteiger partial charge in [0.05, 0.1) is 10.7 Å². The second-order valence-corrected chi connectivity index (χ2v) is 5.59. The lowest BCUT2D eigenvalue weighted by atomic mass is 10.3. The van der Waals surface area contributed by atoms with E-state index in [1.54, 1.807) is 19.0 Å². The molecular formula is C11H18N4OS. The maximum absolute atomic E-state index is 11.9. The number of nitrogens with two attached hydrogens (primary N) is 2. The number of thiophene rings is 1. The van der Waals surface area contributed by atoms with E-state index in [0.29, 0.717) is 10.6 Å². The summed E-state index contributed by atoms with van der Waals surface area (Å²) in [7, 11) is 3.46. The maximum atomic E-state index is 11.9. The highest BCUT2D eigenvalue weighted by atomic mass is 32.1. The first kappa shape index (κ1) is 12.2. The molecule has 1 amide bonds. The lowest BCUT2D eigenvalue weighted by Crippen LogP contribution is -2.25. The molecule has 0 spiro atoms. The molecule has 17 heavy (non-hydrogen) atoms. The number of amides is 1. The van der Waals surface area contributed by atoms with Crippen LogP contribution in [0.5, 0.6) is 0 Å². The van der Waals surface area contributed by atoms with Crippen molar-refractivity contribution in [3.8, 4) is 0 Å². The van der Waals surface area contributed by atoms with Crippen molar-refractivity contribution in [1.29, 1.82) is 0 Å². The molecule has 1 unspecified atom stereocenters. The van der Waals surface area contributed by atoms with Gasteiger partial charge in [0.25, 0.3) is 5.91 Å². The number of carbonyl (C=O) groups is 1. The molecule has 1 fully saturated rings. The molecule has 0 radical (unpaired) electrons. The fourth-order valence-corrected chi connectivity index (χ4v) is 3.04. The third-order valence-electron chi connectivity index (χ3n) is 2.88. The Kier molecular flexibility index (Phi) is 3.26. The highest BCUT2D eigenvalue weighted by Gasteiger charge is 2.23. The molecule has 94 valence electrons. The Labute approximate surface area is 105 Å². The van der Waals surface area contributed by atoms with Gasteiger partial charge in [0.15, 0.2) is 0 Å². The predicted molar refractivity (Wildman–Crippen MR) is 71.6 cm³/mol. The van der Waals surface area contributed by atoms with Gasteiger partial charge in [-0.15, -0.1) is 11.3 Å². The van der Waals surface area contributed by atoms with Crippen molar-refractivity contribution in [3.05, 3.63) is 10.9 Å². The van der Waals surface area contributed by atoms with Gasteiger partial charge in [-0.2, -0.15) is 0 Å². The van der Waals surface area contributed by atoms with E-state index in [0.717, 1.165) is 24.5 Å². The van der Waals surface area contributed by atoms with Crippen LogP contribution >= 0.6 is 11.3 Å². The highest BCUT2D eigenvalue weighted by molar-refractivity contribution is 7.18. The zero-order valence-corrected chi connectivity index (χ0v) is 11.0. The molecule has 2 rings (SSSR count). The van der Waals surface area contributed by atoms with Crippen LogP contribution in [-0.2, 0) is 0 Å². The van der Waals surface area contributed by atoms with Gasteiger partial charge in [0.1, 0.15) is 4.88 Å². The summed E-state index contributed by atoms with van der Waals surface area (Å²) in [5.41, 5.74) is 12.3. The fourth-order valence-electron chi connectivity index (χ4n) is 1.91. The molecule has 0 aromatic carbocycles. The van der Waals surface area contributed by atoms with Gasteiger partial charge in [-0.05, 0) is 12.5 Å². The van der Waals surface area contributed by atoms with Crippen molar-refractivity contribution < 1.29 is 4.79 Å². The first-order chi connectivity index (χ1) is 7.99. The third-order valence-corrected chi connectivity index (χ3v) is 4.08. The molecule has 1 aromatic rings. The zero-order chi connectivity index (χ0) is 12.6. The fraction of sp³-hybridized carbons (Fsp3) is 0.545. The van der Waals surface area contributed by atoms with Crippen LogP contribution in [0.15, 0.2) is 6.07 Å². The molecule has 1 aliphatic heterocycles. The standard InChI is InChI=1S/C11H18N4OS/c1-14(2)11(16)10-8(13)5-9(17-10)15-4-3-7(12)6-15/h5,7H,3-4,6,12-13H2,1-2H3. The van der Waals surface area contributed by atoms with E-state index < -0.39 is 0 Å². The van der Waals surface area contributed by atoms with E-state index >= 15 is 0 Å². The van der Waals surface area contributed by atoms with Crippen LogP contribution < -0.4 is 16.4 Å². The molecular weight excluding hydrogens is 236 g/mol. The van der Waals surface area contributed by atoms with Crippen molar-refractivity contribution in [2.45, 2.75) is 12.5 Å². The Hall–Kier alpha value is -1.27. The minimum Gasteiger partial charge on any atom is -0.397 e. The molecule has 5 nitrogen and oxygen atoms in total. The average molecular weight is 254 g/mol. The first-order valence-electron chi connectivity index (χ1n) is 5.60. The van der Waals surface area contributed by atoms with Gasteiger partial charge < -0.3 is 21.3 Å². The van der Waals surface area contributed by atoms with Crippen LogP contribution in [0, 0.1) is 0 Å². The molecule has 6 heteroatoms. The van der Waals surface area contributed by atoms with Crippen molar-refractivity contribution in [2.75, 3.05) is 37.8 Å². The minimum atomic E-state index is -0.0396. The van der Waals surface area contributed by atoms with Crippen LogP contribution in [0.1, 0.15) is 16.1 Å². The minimum absolute atomic E-state index is 0.0396.